The standard InChI is InChI=1S/C15H9ClF4O/c16-8-5-6-12-10(7-8)13(21)9-3-1-2-4-11(9)14(17,18)15(12,19)20/h1-7,13,21H. The summed E-state index contributed by atoms with van der Waals surface area (Å²) in [5.41, 5.74) is -2.35. The van der Waals surface area contributed by atoms with Gasteiger partial charge in [-0.2, -0.15) is 17.6 Å². The summed E-state index contributed by atoms with van der Waals surface area (Å²) in [7, 11) is 0. The van der Waals surface area contributed by atoms with E-state index in [1.165, 1.54) is 18.2 Å². The molecule has 6 heteroatoms. The molecule has 21 heavy (non-hydrogen) atoms. The molecule has 1 unspecified atom stereocenters. The average Bonchev–Trinajstić information content (AvgIpc) is 2.49. The number of hydrogen-bond acceptors (Lipinski definition) is 1. The van der Waals surface area contributed by atoms with Gasteiger partial charge in [0.1, 0.15) is 6.10 Å². The highest BCUT2D eigenvalue weighted by atomic mass is 35.5. The van der Waals surface area contributed by atoms with Crippen LogP contribution < -0.4 is 0 Å². The maximum absolute atomic E-state index is 14.3. The highest BCUT2D eigenvalue weighted by Crippen LogP contribution is 2.55. The van der Waals surface area contributed by atoms with Gasteiger partial charge >= 0.3 is 11.8 Å². The molecule has 0 bridgehead atoms. The fraction of sp³-hybridized carbons (Fsp3) is 0.200. The second kappa shape index (κ2) is 4.45. The first-order valence-corrected chi connectivity index (χ1v) is 6.47. The molecule has 0 fully saturated rings. The van der Waals surface area contributed by atoms with Gasteiger partial charge in [-0.15, -0.1) is 0 Å². The van der Waals surface area contributed by atoms with Gasteiger partial charge in [-0.1, -0.05) is 41.9 Å². The molecule has 0 aromatic heterocycles. The van der Waals surface area contributed by atoms with E-state index < -0.39 is 29.1 Å². The summed E-state index contributed by atoms with van der Waals surface area (Å²) in [6.07, 6.45) is -1.59. The van der Waals surface area contributed by atoms with Crippen molar-refractivity contribution in [3.8, 4) is 0 Å². The lowest BCUT2D eigenvalue weighted by Gasteiger charge is -2.26. The van der Waals surface area contributed by atoms with Gasteiger partial charge in [0.25, 0.3) is 0 Å². The molecule has 0 heterocycles. The molecule has 2 aromatic carbocycles. The van der Waals surface area contributed by atoms with Crippen LogP contribution >= 0.6 is 11.6 Å². The van der Waals surface area contributed by atoms with Gasteiger partial charge in [0.05, 0.1) is 0 Å². The van der Waals surface area contributed by atoms with Crippen LogP contribution in [-0.4, -0.2) is 5.11 Å². The molecule has 110 valence electrons. The van der Waals surface area contributed by atoms with Crippen LogP contribution in [0.25, 0.3) is 0 Å². The highest BCUT2D eigenvalue weighted by molar-refractivity contribution is 6.30. The van der Waals surface area contributed by atoms with E-state index in [0.717, 1.165) is 24.3 Å². The van der Waals surface area contributed by atoms with Crippen LogP contribution in [0, 0.1) is 0 Å². The number of aliphatic hydroxyl groups is 1. The van der Waals surface area contributed by atoms with E-state index in [9.17, 15) is 22.7 Å². The fourth-order valence-electron chi connectivity index (χ4n) is 2.57. The molecule has 0 spiro atoms. The molecule has 0 amide bonds. The summed E-state index contributed by atoms with van der Waals surface area (Å²) in [5, 5.41) is 10.3. The third-order valence-electron chi connectivity index (χ3n) is 3.63. The zero-order valence-electron chi connectivity index (χ0n) is 10.5. The molecule has 1 aliphatic carbocycles. The lowest BCUT2D eigenvalue weighted by atomic mass is 9.96. The third-order valence-corrected chi connectivity index (χ3v) is 3.87. The van der Waals surface area contributed by atoms with Crippen molar-refractivity contribution in [1.29, 1.82) is 0 Å². The maximum atomic E-state index is 14.3. The van der Waals surface area contributed by atoms with Crippen molar-refractivity contribution in [2.75, 3.05) is 0 Å². The second-order valence-electron chi connectivity index (χ2n) is 4.87. The number of rotatable bonds is 0. The Kier molecular flexibility index (Phi) is 3.04. The predicted molar refractivity (Wildman–Crippen MR) is 69.7 cm³/mol. The third kappa shape index (κ3) is 1.88. The van der Waals surface area contributed by atoms with E-state index >= 15 is 0 Å². The van der Waals surface area contributed by atoms with E-state index in [1.807, 2.05) is 0 Å². The average molecular weight is 317 g/mol. The number of hydrogen-bond donors (Lipinski definition) is 1. The monoisotopic (exact) mass is 316 g/mol. The van der Waals surface area contributed by atoms with Gasteiger partial charge in [0.2, 0.25) is 0 Å². The molecule has 0 saturated heterocycles. The van der Waals surface area contributed by atoms with Crippen LogP contribution in [0.15, 0.2) is 42.5 Å². The summed E-state index contributed by atoms with van der Waals surface area (Å²) in [4.78, 5) is 0. The molecule has 1 nitrogen and oxygen atoms in total. The van der Waals surface area contributed by atoms with E-state index in [-0.39, 0.29) is 16.1 Å². The van der Waals surface area contributed by atoms with Gasteiger partial charge in [0.15, 0.2) is 0 Å². The lowest BCUT2D eigenvalue weighted by Crippen LogP contribution is -2.35. The number of halogens is 5. The smallest absolute Gasteiger partial charge is 0.340 e. The first-order chi connectivity index (χ1) is 9.76. The fourth-order valence-corrected chi connectivity index (χ4v) is 2.75. The largest absolute Gasteiger partial charge is 0.384 e. The number of alkyl halides is 4. The number of benzene rings is 2. The molecule has 0 aliphatic heterocycles. The van der Waals surface area contributed by atoms with Gasteiger partial charge in [-0.05, 0) is 23.3 Å². The highest BCUT2D eigenvalue weighted by Gasteiger charge is 2.62. The number of aliphatic hydroxyl groups excluding tert-OH is 1. The Bertz CT molecular complexity index is 715. The van der Waals surface area contributed by atoms with Gasteiger partial charge in [-0.25, -0.2) is 0 Å². The first-order valence-electron chi connectivity index (χ1n) is 6.10. The summed E-state index contributed by atoms with van der Waals surface area (Å²) >= 11 is 5.74. The van der Waals surface area contributed by atoms with Crippen LogP contribution in [0.3, 0.4) is 0 Å². The zero-order valence-corrected chi connectivity index (χ0v) is 11.2. The summed E-state index contributed by atoms with van der Waals surface area (Å²) < 4.78 is 57.2. The topological polar surface area (TPSA) is 20.2 Å². The summed E-state index contributed by atoms with van der Waals surface area (Å²) in [6, 6.07) is 7.78. The van der Waals surface area contributed by atoms with E-state index in [2.05, 4.69) is 0 Å². The van der Waals surface area contributed by atoms with E-state index in [0.29, 0.717) is 0 Å². The molecular weight excluding hydrogens is 308 g/mol. The second-order valence-corrected chi connectivity index (χ2v) is 5.31. The molecule has 1 atom stereocenters. The van der Waals surface area contributed by atoms with Crippen LogP contribution in [-0.2, 0) is 11.8 Å². The van der Waals surface area contributed by atoms with Gasteiger partial charge in [-0.3, -0.25) is 0 Å². The van der Waals surface area contributed by atoms with Crippen molar-refractivity contribution in [1.82, 2.24) is 0 Å². The minimum absolute atomic E-state index is 0.0892. The molecular formula is C15H9ClF4O. The molecule has 3 rings (SSSR count). The Morgan fingerprint density at radius 1 is 0.857 bits per heavy atom. The zero-order chi connectivity index (χ0) is 15.4. The molecule has 1 N–H and O–H groups in total. The van der Waals surface area contributed by atoms with Crippen molar-refractivity contribution >= 4 is 11.6 Å². The molecule has 0 radical (unpaired) electrons. The SMILES string of the molecule is OC1c2ccccc2C(F)(F)C(F)(F)c2ccc(Cl)cc21. The normalized spacial score (nSPS) is 22.1. The van der Waals surface area contributed by atoms with Gasteiger partial charge in [0, 0.05) is 16.1 Å². The van der Waals surface area contributed by atoms with Crippen LogP contribution in [0.4, 0.5) is 17.6 Å². The van der Waals surface area contributed by atoms with Crippen molar-refractivity contribution in [3.05, 3.63) is 69.7 Å². The summed E-state index contributed by atoms with van der Waals surface area (Å²) in [5.74, 6) is -8.87. The lowest BCUT2D eigenvalue weighted by molar-refractivity contribution is -0.223. The van der Waals surface area contributed by atoms with Crippen LogP contribution in [0.5, 0.6) is 0 Å². The molecule has 0 saturated carbocycles. The van der Waals surface area contributed by atoms with Crippen molar-refractivity contribution in [2.45, 2.75) is 17.9 Å². The minimum Gasteiger partial charge on any atom is -0.384 e. The Labute approximate surface area is 122 Å². The Morgan fingerprint density at radius 3 is 2.10 bits per heavy atom. The predicted octanol–water partition coefficient (Wildman–Crippen LogP) is 4.62. The van der Waals surface area contributed by atoms with E-state index in [4.69, 9.17) is 11.6 Å². The molecule has 2 aromatic rings. The van der Waals surface area contributed by atoms with Gasteiger partial charge < -0.3 is 5.11 Å². The Hall–Kier alpha value is -1.59. The van der Waals surface area contributed by atoms with Crippen molar-refractivity contribution in [2.24, 2.45) is 0 Å². The Balaban J connectivity index is 2.41. The van der Waals surface area contributed by atoms with Crippen LogP contribution in [0.2, 0.25) is 5.02 Å². The van der Waals surface area contributed by atoms with Crippen molar-refractivity contribution in [3.63, 3.8) is 0 Å². The molecule has 1 aliphatic rings. The van der Waals surface area contributed by atoms with Crippen LogP contribution in [0.1, 0.15) is 28.4 Å². The Morgan fingerprint density at radius 2 is 1.43 bits per heavy atom. The van der Waals surface area contributed by atoms with E-state index in [1.54, 1.807) is 0 Å². The number of fused-ring (bicyclic) bond motifs is 2. The minimum atomic E-state index is -4.44. The summed E-state index contributed by atoms with van der Waals surface area (Å²) in [6.45, 7) is 0. The first kappa shape index (κ1) is 14.4. The maximum Gasteiger partial charge on any atom is 0.340 e. The van der Waals surface area contributed by atoms with Crippen molar-refractivity contribution < 1.29 is 22.7 Å². The quantitative estimate of drug-likeness (QED) is 0.703.